The number of oxazole rings is 2. The molecule has 0 atom stereocenters. The number of rotatable bonds is 17. The molecule has 7 rings (SSSR count). The van der Waals surface area contributed by atoms with Crippen molar-refractivity contribution in [2.24, 2.45) is 10.7 Å². The van der Waals surface area contributed by atoms with E-state index in [0.717, 1.165) is 67.9 Å². The largest absolute Gasteiger partial charge is 0.494 e. The molecule has 348 valence electrons. The number of carbonyl (C=O) groups excluding carboxylic acids is 4. The lowest BCUT2D eigenvalue weighted by molar-refractivity contribution is 0.0358. The molecular weight excluding hydrogens is 859 g/mol. The van der Waals surface area contributed by atoms with E-state index < -0.39 is 11.8 Å². The predicted molar refractivity (Wildman–Crippen MR) is 246 cm³/mol. The standard InChI is InChI=1S/C36H42N8O7S.C7H9NO2.C2H6O/c1-5-25-32(51-22(2)39-25)34(47)41-36-44(31-27(48-4)17-23(21-45)18-29(31)52-36)11-7-6-10-43-30-26(40-35(43)38-3)19-24(33(37)46)20-28(30)50-14-8-9-42-12-15-49-16-13-42;1-3-6-7(4-9)10-5(2)8-6;1-3-2/h6-7,17-21H,5,8-16H2,1-4H3,(H2,37,46)(H,38,40);4H,3H2,1-2H3;1-2H3/b7-6+,41-36?;;. The molecule has 0 spiro atoms. The molecule has 0 radical (unpaired) electrons. The number of nitrogens with zero attached hydrogens (tertiary/aromatic N) is 7. The number of imidazole rings is 1. The number of thiazole rings is 1. The topological polar surface area (TPSA) is 234 Å². The number of nitrogens with two attached hydrogens (primary N) is 1. The molecule has 1 aliphatic rings. The summed E-state index contributed by atoms with van der Waals surface area (Å²) in [7, 11) is 6.56. The number of amides is 2. The van der Waals surface area contributed by atoms with Gasteiger partial charge >= 0.3 is 5.91 Å². The Morgan fingerprint density at radius 2 is 1.57 bits per heavy atom. The molecular formula is C45H57N9O10S. The second kappa shape index (κ2) is 24.0. The molecule has 0 saturated carbocycles. The lowest BCUT2D eigenvalue weighted by Gasteiger charge is -2.26. The molecule has 1 saturated heterocycles. The molecule has 65 heavy (non-hydrogen) atoms. The van der Waals surface area contributed by atoms with Crippen molar-refractivity contribution < 1.29 is 47.0 Å². The molecule has 0 unspecified atom stereocenters. The third kappa shape index (κ3) is 12.4. The van der Waals surface area contributed by atoms with Gasteiger partial charge in [0.25, 0.3) is 0 Å². The summed E-state index contributed by atoms with van der Waals surface area (Å²) in [5.74, 6) is 1.85. The van der Waals surface area contributed by atoms with Crippen molar-refractivity contribution in [3.8, 4) is 11.5 Å². The molecule has 0 bridgehead atoms. The van der Waals surface area contributed by atoms with Crippen molar-refractivity contribution in [2.45, 2.75) is 60.0 Å². The summed E-state index contributed by atoms with van der Waals surface area (Å²) in [5.41, 5.74) is 9.68. The fourth-order valence-corrected chi connectivity index (χ4v) is 8.13. The average molecular weight is 916 g/mol. The first-order valence-electron chi connectivity index (χ1n) is 21.1. The Morgan fingerprint density at radius 3 is 2.18 bits per heavy atom. The first kappa shape index (κ1) is 49.5. The molecule has 4 aromatic heterocycles. The SMILES string of the molecule is CCc1nc(C)oc1C(=O)N=c1sc2cc(C=O)cc(OC)c2n1C/C=C/Cn1c(NC)nc2cc(C(N)=O)cc(OCCCN3CCOCC3)c21.CCc1nc(C)oc1C=O.COC. The minimum absolute atomic E-state index is 0.102. The van der Waals surface area contributed by atoms with E-state index in [9.17, 15) is 19.2 Å². The quantitative estimate of drug-likeness (QED) is 0.0645. The van der Waals surface area contributed by atoms with Gasteiger partial charge in [-0.25, -0.2) is 15.0 Å². The van der Waals surface area contributed by atoms with Crippen LogP contribution in [0.5, 0.6) is 11.5 Å². The van der Waals surface area contributed by atoms with Crippen LogP contribution in [-0.4, -0.2) is 121 Å². The van der Waals surface area contributed by atoms with Crippen LogP contribution in [0.15, 0.2) is 50.2 Å². The Kier molecular flexibility index (Phi) is 18.3. The van der Waals surface area contributed by atoms with Gasteiger partial charge in [0.1, 0.15) is 28.8 Å². The third-order valence-electron chi connectivity index (χ3n) is 9.96. The van der Waals surface area contributed by atoms with Gasteiger partial charge in [0, 0.05) is 79.0 Å². The van der Waals surface area contributed by atoms with E-state index in [0.29, 0.717) is 100 Å². The van der Waals surface area contributed by atoms with Gasteiger partial charge in [-0.3, -0.25) is 24.1 Å². The number of hydrogen-bond donors (Lipinski definition) is 2. The smallest absolute Gasteiger partial charge is 0.317 e. The second-order valence-corrected chi connectivity index (χ2v) is 15.5. The highest BCUT2D eigenvalue weighted by Gasteiger charge is 2.21. The molecule has 0 aliphatic carbocycles. The fraction of sp³-hybridized carbons (Fsp3) is 0.422. The maximum atomic E-state index is 13.4. The van der Waals surface area contributed by atoms with E-state index in [1.165, 1.54) is 18.4 Å². The minimum atomic E-state index is -0.569. The van der Waals surface area contributed by atoms with Crippen molar-refractivity contribution in [3.63, 3.8) is 0 Å². The zero-order valence-corrected chi connectivity index (χ0v) is 38.9. The molecule has 1 aliphatic heterocycles. The Bertz CT molecular complexity index is 2680. The van der Waals surface area contributed by atoms with Crippen molar-refractivity contribution in [1.82, 2.24) is 29.0 Å². The zero-order valence-electron chi connectivity index (χ0n) is 38.1. The number of primary amides is 1. The summed E-state index contributed by atoms with van der Waals surface area (Å²) in [6, 6.07) is 6.73. The summed E-state index contributed by atoms with van der Waals surface area (Å²) in [6.45, 7) is 12.5. The number of anilines is 1. The number of aromatic nitrogens is 5. The van der Waals surface area contributed by atoms with Gasteiger partial charge in [0.15, 0.2) is 28.6 Å². The number of fused-ring (bicyclic) bond motifs is 2. The molecule has 19 nitrogen and oxygen atoms in total. The number of ether oxygens (including phenoxy) is 4. The number of hydrogen-bond acceptors (Lipinski definition) is 16. The van der Waals surface area contributed by atoms with Gasteiger partial charge in [0.2, 0.25) is 17.6 Å². The van der Waals surface area contributed by atoms with Crippen LogP contribution in [0, 0.1) is 13.8 Å². The fourth-order valence-electron chi connectivity index (χ4n) is 7.02. The first-order chi connectivity index (χ1) is 31.4. The summed E-state index contributed by atoms with van der Waals surface area (Å²) in [5, 5.41) is 3.15. The molecule has 1 fully saturated rings. The van der Waals surface area contributed by atoms with Gasteiger partial charge < -0.3 is 48.0 Å². The second-order valence-electron chi connectivity index (χ2n) is 14.5. The Balaban J connectivity index is 0.000000529. The van der Waals surface area contributed by atoms with Crippen LogP contribution in [0.1, 0.15) is 85.3 Å². The highest BCUT2D eigenvalue weighted by molar-refractivity contribution is 7.16. The third-order valence-corrected chi connectivity index (χ3v) is 11.0. The maximum Gasteiger partial charge on any atom is 0.317 e. The van der Waals surface area contributed by atoms with Crippen LogP contribution < -0.4 is 25.3 Å². The average Bonchev–Trinajstić information content (AvgIpc) is 4.08. The van der Waals surface area contributed by atoms with E-state index in [1.54, 1.807) is 59.4 Å². The highest BCUT2D eigenvalue weighted by atomic mass is 32.1. The van der Waals surface area contributed by atoms with Crippen LogP contribution in [0.3, 0.4) is 0 Å². The molecule has 2 amide bonds. The van der Waals surface area contributed by atoms with Gasteiger partial charge in [-0.2, -0.15) is 4.99 Å². The van der Waals surface area contributed by atoms with Crippen LogP contribution in [-0.2, 0) is 35.4 Å². The summed E-state index contributed by atoms with van der Waals surface area (Å²) >= 11 is 1.27. The lowest BCUT2D eigenvalue weighted by Crippen LogP contribution is -2.37. The summed E-state index contributed by atoms with van der Waals surface area (Å²) in [6.07, 6.45) is 7.42. The van der Waals surface area contributed by atoms with Gasteiger partial charge in [-0.05, 0) is 43.5 Å². The normalized spacial score (nSPS) is 13.1. The van der Waals surface area contributed by atoms with Gasteiger partial charge in [-0.15, -0.1) is 0 Å². The number of methoxy groups -OCH3 is 2. The molecule has 3 N–H and O–H groups in total. The van der Waals surface area contributed by atoms with E-state index >= 15 is 0 Å². The zero-order chi connectivity index (χ0) is 47.0. The number of morpholine rings is 1. The molecule has 6 aromatic rings. The van der Waals surface area contributed by atoms with Crippen LogP contribution in [0.2, 0.25) is 0 Å². The highest BCUT2D eigenvalue weighted by Crippen LogP contribution is 2.32. The van der Waals surface area contributed by atoms with Crippen LogP contribution in [0.25, 0.3) is 21.3 Å². The van der Waals surface area contributed by atoms with Crippen molar-refractivity contribution >= 4 is 62.9 Å². The number of aldehydes is 2. The number of aryl methyl sites for hydroxylation is 4. The molecule has 2 aromatic carbocycles. The summed E-state index contributed by atoms with van der Waals surface area (Å²) < 4.78 is 36.8. The van der Waals surface area contributed by atoms with Gasteiger partial charge in [0.05, 0.1) is 48.5 Å². The van der Waals surface area contributed by atoms with E-state index in [4.69, 9.17) is 33.8 Å². The molecule has 5 heterocycles. The first-order valence-corrected chi connectivity index (χ1v) is 21.9. The number of benzene rings is 2. The van der Waals surface area contributed by atoms with Crippen molar-refractivity contribution in [2.75, 3.05) is 73.1 Å². The number of nitrogens with one attached hydrogen (secondary N) is 1. The maximum absolute atomic E-state index is 13.4. The van der Waals surface area contributed by atoms with E-state index in [2.05, 4.69) is 29.9 Å². The van der Waals surface area contributed by atoms with Crippen molar-refractivity contribution in [1.29, 1.82) is 0 Å². The summed E-state index contributed by atoms with van der Waals surface area (Å²) in [4.78, 5) is 67.8. The van der Waals surface area contributed by atoms with Crippen molar-refractivity contribution in [3.05, 3.63) is 87.0 Å². The van der Waals surface area contributed by atoms with Gasteiger partial charge in [-0.1, -0.05) is 37.3 Å². The number of carbonyl (C=O) groups is 4. The Morgan fingerprint density at radius 1 is 0.892 bits per heavy atom. The van der Waals surface area contributed by atoms with Crippen LogP contribution >= 0.6 is 11.3 Å². The molecule has 20 heteroatoms. The predicted octanol–water partition coefficient (Wildman–Crippen LogP) is 5.59. The van der Waals surface area contributed by atoms with Crippen LogP contribution in [0.4, 0.5) is 5.95 Å². The van der Waals surface area contributed by atoms with E-state index in [-0.39, 0.29) is 5.76 Å². The number of allylic oxidation sites excluding steroid dienone is 2. The monoisotopic (exact) mass is 915 g/mol. The Labute approximate surface area is 380 Å². The minimum Gasteiger partial charge on any atom is -0.494 e. The lowest BCUT2D eigenvalue weighted by atomic mass is 10.1. The van der Waals surface area contributed by atoms with E-state index in [1.807, 2.05) is 35.1 Å². The Hall–Kier alpha value is -6.48.